The molecule has 0 radical (unpaired) electrons. The number of nitro groups is 1. The minimum absolute atomic E-state index is 0.209. The van der Waals surface area contributed by atoms with E-state index >= 15 is 0 Å². The largest absolute Gasteiger partial charge is 0.325 e. The van der Waals surface area contributed by atoms with Gasteiger partial charge in [0, 0.05) is 23.4 Å². The highest BCUT2D eigenvalue weighted by atomic mass is 32.2. The van der Waals surface area contributed by atoms with E-state index in [0.29, 0.717) is 17.7 Å². The number of amides is 1. The summed E-state index contributed by atoms with van der Waals surface area (Å²) in [6.07, 6.45) is 0.476. The van der Waals surface area contributed by atoms with E-state index in [9.17, 15) is 23.3 Å². The minimum atomic E-state index is -4.12. The van der Waals surface area contributed by atoms with Crippen LogP contribution >= 0.6 is 0 Å². The van der Waals surface area contributed by atoms with Crippen LogP contribution in [0.15, 0.2) is 41.3 Å². The average molecular weight is 434 g/mol. The Balaban J connectivity index is 2.37. The van der Waals surface area contributed by atoms with Crippen LogP contribution in [-0.2, 0) is 14.8 Å². The summed E-state index contributed by atoms with van der Waals surface area (Å²) in [5, 5.41) is 14.0. The molecule has 162 valence electrons. The second-order valence-electron chi connectivity index (χ2n) is 7.31. The van der Waals surface area contributed by atoms with Crippen molar-refractivity contribution in [2.24, 2.45) is 0 Å². The van der Waals surface area contributed by atoms with Crippen LogP contribution in [-0.4, -0.2) is 36.1 Å². The number of hydrogen-bond acceptors (Lipinski definition) is 5. The third kappa shape index (κ3) is 5.03. The standard InChI is InChI=1S/C21H27N3O5S/c1-6-16(4)23(13-21(25)22-19-9-7-8-14(2)17(19)5)30(28,29)18-11-10-15(3)20(12-18)24(26)27/h7-12,16H,6,13H2,1-5H3,(H,22,25). The van der Waals surface area contributed by atoms with Gasteiger partial charge in [-0.3, -0.25) is 14.9 Å². The highest BCUT2D eigenvalue weighted by Gasteiger charge is 2.32. The highest BCUT2D eigenvalue weighted by Crippen LogP contribution is 2.26. The summed E-state index contributed by atoms with van der Waals surface area (Å²) in [5.74, 6) is -0.478. The third-order valence-electron chi connectivity index (χ3n) is 5.24. The van der Waals surface area contributed by atoms with Gasteiger partial charge >= 0.3 is 0 Å². The first-order valence-electron chi connectivity index (χ1n) is 9.62. The number of rotatable bonds is 8. The molecular formula is C21H27N3O5S. The smallest absolute Gasteiger partial charge is 0.273 e. The van der Waals surface area contributed by atoms with Gasteiger partial charge in [0.1, 0.15) is 0 Å². The zero-order chi connectivity index (χ0) is 22.6. The van der Waals surface area contributed by atoms with Crippen molar-refractivity contribution in [3.63, 3.8) is 0 Å². The molecule has 8 nitrogen and oxygen atoms in total. The summed E-state index contributed by atoms with van der Waals surface area (Å²) in [5.41, 5.74) is 2.61. The van der Waals surface area contributed by atoms with Crippen LogP contribution in [0.2, 0.25) is 0 Å². The topological polar surface area (TPSA) is 110 Å². The number of hydrogen-bond donors (Lipinski definition) is 1. The molecule has 0 saturated carbocycles. The zero-order valence-electron chi connectivity index (χ0n) is 17.8. The summed E-state index contributed by atoms with van der Waals surface area (Å²) < 4.78 is 27.6. The first-order valence-corrected chi connectivity index (χ1v) is 11.1. The van der Waals surface area contributed by atoms with Crippen molar-refractivity contribution in [2.45, 2.75) is 52.0 Å². The molecule has 0 aromatic heterocycles. The van der Waals surface area contributed by atoms with Crippen molar-refractivity contribution < 1.29 is 18.1 Å². The van der Waals surface area contributed by atoms with E-state index in [2.05, 4.69) is 5.32 Å². The maximum absolute atomic E-state index is 13.3. The fourth-order valence-corrected chi connectivity index (χ4v) is 4.66. The van der Waals surface area contributed by atoms with Gasteiger partial charge in [-0.15, -0.1) is 0 Å². The van der Waals surface area contributed by atoms with Gasteiger partial charge in [0.15, 0.2) is 0 Å². The number of nitrogens with zero attached hydrogens (tertiary/aromatic N) is 2. The van der Waals surface area contributed by atoms with Gasteiger partial charge in [0.05, 0.1) is 16.4 Å². The molecule has 0 heterocycles. The molecule has 2 aromatic rings. The molecule has 1 N–H and O–H groups in total. The lowest BCUT2D eigenvalue weighted by molar-refractivity contribution is -0.385. The fourth-order valence-electron chi connectivity index (χ4n) is 2.98. The first-order chi connectivity index (χ1) is 14.0. The molecule has 0 spiro atoms. The van der Waals surface area contributed by atoms with Crippen LogP contribution in [0, 0.1) is 30.9 Å². The Labute approximate surface area is 177 Å². The Morgan fingerprint density at radius 3 is 2.43 bits per heavy atom. The third-order valence-corrected chi connectivity index (χ3v) is 7.20. The van der Waals surface area contributed by atoms with E-state index in [1.807, 2.05) is 32.9 Å². The Hall–Kier alpha value is -2.78. The SMILES string of the molecule is CCC(C)N(CC(=O)Nc1cccc(C)c1C)S(=O)(=O)c1ccc(C)c([N+](=O)[O-])c1. The van der Waals surface area contributed by atoms with Gasteiger partial charge in [-0.05, 0) is 57.4 Å². The summed E-state index contributed by atoms with van der Waals surface area (Å²) in [4.78, 5) is 23.1. The maximum Gasteiger partial charge on any atom is 0.273 e. The van der Waals surface area contributed by atoms with Gasteiger partial charge in [-0.1, -0.05) is 25.1 Å². The van der Waals surface area contributed by atoms with Crippen LogP contribution in [0.25, 0.3) is 0 Å². The highest BCUT2D eigenvalue weighted by molar-refractivity contribution is 7.89. The number of carbonyl (C=O) groups excluding carboxylic acids is 1. The lowest BCUT2D eigenvalue weighted by Gasteiger charge is -2.27. The van der Waals surface area contributed by atoms with Crippen molar-refractivity contribution in [3.05, 3.63) is 63.2 Å². The van der Waals surface area contributed by atoms with Crippen molar-refractivity contribution >= 4 is 27.3 Å². The van der Waals surface area contributed by atoms with Crippen LogP contribution in [0.5, 0.6) is 0 Å². The molecule has 1 atom stereocenters. The number of benzene rings is 2. The fraction of sp³-hybridized carbons (Fsp3) is 0.381. The van der Waals surface area contributed by atoms with Crippen LogP contribution in [0.1, 0.15) is 37.0 Å². The predicted octanol–water partition coefficient (Wildman–Crippen LogP) is 3.95. The lowest BCUT2D eigenvalue weighted by Crippen LogP contribution is -2.43. The molecule has 2 rings (SSSR count). The Morgan fingerprint density at radius 1 is 1.17 bits per heavy atom. The monoisotopic (exact) mass is 433 g/mol. The molecule has 1 unspecified atom stereocenters. The zero-order valence-corrected chi connectivity index (χ0v) is 18.6. The van der Waals surface area contributed by atoms with E-state index in [0.717, 1.165) is 21.5 Å². The predicted molar refractivity (Wildman–Crippen MR) is 116 cm³/mol. The van der Waals surface area contributed by atoms with Gasteiger partial charge in [0.25, 0.3) is 5.69 Å². The molecule has 0 fully saturated rings. The van der Waals surface area contributed by atoms with Crippen LogP contribution < -0.4 is 5.32 Å². The molecule has 0 saturated heterocycles. The Kier molecular flexibility index (Phi) is 7.33. The quantitative estimate of drug-likeness (QED) is 0.501. The second kappa shape index (κ2) is 9.36. The molecule has 30 heavy (non-hydrogen) atoms. The van der Waals surface area contributed by atoms with Crippen molar-refractivity contribution in [3.8, 4) is 0 Å². The molecule has 1 amide bonds. The van der Waals surface area contributed by atoms with E-state index in [1.165, 1.54) is 12.1 Å². The lowest BCUT2D eigenvalue weighted by atomic mass is 10.1. The number of carbonyl (C=O) groups is 1. The van der Waals surface area contributed by atoms with Crippen LogP contribution in [0.4, 0.5) is 11.4 Å². The number of aryl methyl sites for hydroxylation is 2. The normalized spacial score (nSPS) is 12.6. The van der Waals surface area contributed by atoms with Crippen LogP contribution in [0.3, 0.4) is 0 Å². The van der Waals surface area contributed by atoms with E-state index < -0.39 is 33.4 Å². The molecule has 0 aliphatic rings. The van der Waals surface area contributed by atoms with Gasteiger partial charge in [-0.25, -0.2) is 8.42 Å². The van der Waals surface area contributed by atoms with Crippen molar-refractivity contribution in [1.82, 2.24) is 4.31 Å². The maximum atomic E-state index is 13.3. The molecule has 0 aliphatic heterocycles. The Morgan fingerprint density at radius 2 is 1.83 bits per heavy atom. The minimum Gasteiger partial charge on any atom is -0.325 e. The molecular weight excluding hydrogens is 406 g/mol. The second-order valence-corrected chi connectivity index (χ2v) is 9.20. The van der Waals surface area contributed by atoms with E-state index in [1.54, 1.807) is 19.9 Å². The average Bonchev–Trinajstić information content (AvgIpc) is 2.68. The molecule has 9 heteroatoms. The number of anilines is 1. The number of nitro benzene ring substituents is 1. The molecule has 0 bridgehead atoms. The van der Waals surface area contributed by atoms with E-state index in [-0.39, 0.29) is 10.6 Å². The van der Waals surface area contributed by atoms with E-state index in [4.69, 9.17) is 0 Å². The summed E-state index contributed by atoms with van der Waals surface area (Å²) in [6, 6.07) is 8.79. The number of sulfonamides is 1. The first kappa shape index (κ1) is 23.5. The van der Waals surface area contributed by atoms with Crippen molar-refractivity contribution in [2.75, 3.05) is 11.9 Å². The summed E-state index contributed by atoms with van der Waals surface area (Å²) >= 11 is 0. The van der Waals surface area contributed by atoms with Gasteiger partial charge in [0.2, 0.25) is 15.9 Å². The molecule has 0 aliphatic carbocycles. The number of nitrogens with one attached hydrogen (secondary N) is 1. The summed E-state index contributed by atoms with van der Waals surface area (Å²) in [7, 11) is -4.12. The summed E-state index contributed by atoms with van der Waals surface area (Å²) in [6.45, 7) is 8.45. The van der Waals surface area contributed by atoms with Crippen molar-refractivity contribution in [1.29, 1.82) is 0 Å². The van der Waals surface area contributed by atoms with Gasteiger partial charge < -0.3 is 5.32 Å². The molecule has 2 aromatic carbocycles. The van der Waals surface area contributed by atoms with Gasteiger partial charge in [-0.2, -0.15) is 4.31 Å². The Bertz CT molecular complexity index is 1070.